The van der Waals surface area contributed by atoms with Crippen molar-refractivity contribution >= 4 is 0 Å². The fourth-order valence-electron chi connectivity index (χ4n) is 2.87. The number of imidazole rings is 1. The summed E-state index contributed by atoms with van der Waals surface area (Å²) >= 11 is 0. The highest BCUT2D eigenvalue weighted by Gasteiger charge is 2.33. The summed E-state index contributed by atoms with van der Waals surface area (Å²) in [5.74, 6) is 1.69. The molecule has 1 fully saturated rings. The Balaban J connectivity index is 1.99. The van der Waals surface area contributed by atoms with Crippen molar-refractivity contribution in [3.63, 3.8) is 0 Å². The first-order valence-electron chi connectivity index (χ1n) is 7.18. The van der Waals surface area contributed by atoms with E-state index >= 15 is 0 Å². The van der Waals surface area contributed by atoms with Crippen molar-refractivity contribution in [1.29, 1.82) is 0 Å². The Hall–Kier alpha value is -0.870. The van der Waals surface area contributed by atoms with Crippen LogP contribution < -0.4 is 5.32 Å². The predicted molar refractivity (Wildman–Crippen MR) is 72.5 cm³/mol. The van der Waals surface area contributed by atoms with Crippen LogP contribution in [-0.2, 0) is 11.2 Å². The van der Waals surface area contributed by atoms with Gasteiger partial charge in [0, 0.05) is 37.4 Å². The number of aromatic nitrogens is 2. The molecule has 0 spiro atoms. The molecule has 0 bridgehead atoms. The number of ether oxygens (including phenoxy) is 1. The molecule has 4 heteroatoms. The molecule has 1 aromatic rings. The third-order valence-corrected chi connectivity index (χ3v) is 3.80. The standard InChI is InChI=1S/C14H25N3O/c1-3-6-15-12(10-14-16-7-8-17-14)11-5-9-18-13(11)4-2/h7-8,11-13,15H,3-6,9-10H2,1-2H3,(H,16,17). The van der Waals surface area contributed by atoms with E-state index in [2.05, 4.69) is 29.1 Å². The van der Waals surface area contributed by atoms with Crippen LogP contribution in [-0.4, -0.2) is 35.3 Å². The Bertz CT molecular complexity index is 326. The largest absolute Gasteiger partial charge is 0.378 e. The summed E-state index contributed by atoms with van der Waals surface area (Å²) in [4.78, 5) is 7.56. The second-order valence-corrected chi connectivity index (χ2v) is 5.07. The van der Waals surface area contributed by atoms with E-state index in [4.69, 9.17) is 4.74 Å². The third kappa shape index (κ3) is 3.33. The highest BCUT2D eigenvalue weighted by atomic mass is 16.5. The van der Waals surface area contributed by atoms with E-state index in [0.717, 1.165) is 31.8 Å². The molecule has 18 heavy (non-hydrogen) atoms. The number of nitrogens with one attached hydrogen (secondary N) is 2. The van der Waals surface area contributed by atoms with Crippen molar-refractivity contribution in [2.24, 2.45) is 5.92 Å². The van der Waals surface area contributed by atoms with Gasteiger partial charge in [-0.25, -0.2) is 4.98 Å². The molecule has 1 aromatic heterocycles. The average molecular weight is 251 g/mol. The molecule has 0 radical (unpaired) electrons. The molecule has 3 unspecified atom stereocenters. The fraction of sp³-hybridized carbons (Fsp3) is 0.786. The zero-order valence-electron chi connectivity index (χ0n) is 11.5. The maximum atomic E-state index is 5.82. The van der Waals surface area contributed by atoms with Crippen LogP contribution in [0.25, 0.3) is 0 Å². The Morgan fingerprint density at radius 2 is 2.44 bits per heavy atom. The van der Waals surface area contributed by atoms with E-state index in [-0.39, 0.29) is 0 Å². The van der Waals surface area contributed by atoms with Crippen molar-refractivity contribution in [1.82, 2.24) is 15.3 Å². The molecule has 1 aliphatic heterocycles. The molecule has 1 aliphatic rings. The number of H-pyrrole nitrogens is 1. The Morgan fingerprint density at radius 1 is 1.56 bits per heavy atom. The quantitative estimate of drug-likeness (QED) is 0.780. The van der Waals surface area contributed by atoms with Crippen LogP contribution in [0.1, 0.15) is 38.9 Å². The lowest BCUT2D eigenvalue weighted by atomic mass is 9.89. The van der Waals surface area contributed by atoms with Gasteiger partial charge in [0.2, 0.25) is 0 Å². The van der Waals surface area contributed by atoms with Gasteiger partial charge in [0.1, 0.15) is 5.82 Å². The zero-order chi connectivity index (χ0) is 12.8. The second-order valence-electron chi connectivity index (χ2n) is 5.07. The van der Waals surface area contributed by atoms with E-state index in [1.54, 1.807) is 0 Å². The average Bonchev–Trinajstić information content (AvgIpc) is 3.04. The zero-order valence-corrected chi connectivity index (χ0v) is 11.5. The Labute approximate surface area is 110 Å². The first kappa shape index (κ1) is 13.6. The maximum absolute atomic E-state index is 5.82. The molecule has 3 atom stereocenters. The molecule has 102 valence electrons. The molecule has 2 N–H and O–H groups in total. The molecule has 0 aromatic carbocycles. The van der Waals surface area contributed by atoms with Crippen LogP contribution in [0.5, 0.6) is 0 Å². The lowest BCUT2D eigenvalue weighted by Gasteiger charge is -2.27. The van der Waals surface area contributed by atoms with Crippen molar-refractivity contribution in [2.75, 3.05) is 13.2 Å². The summed E-state index contributed by atoms with van der Waals surface area (Å²) in [7, 11) is 0. The van der Waals surface area contributed by atoms with Crippen LogP contribution in [0.2, 0.25) is 0 Å². The third-order valence-electron chi connectivity index (χ3n) is 3.80. The molecular formula is C14H25N3O. The van der Waals surface area contributed by atoms with Crippen LogP contribution in [0.4, 0.5) is 0 Å². The van der Waals surface area contributed by atoms with Gasteiger partial charge in [0.15, 0.2) is 0 Å². The van der Waals surface area contributed by atoms with E-state index < -0.39 is 0 Å². The van der Waals surface area contributed by atoms with Crippen molar-refractivity contribution in [2.45, 2.75) is 51.7 Å². The van der Waals surface area contributed by atoms with E-state index in [1.165, 1.54) is 12.8 Å². The lowest BCUT2D eigenvalue weighted by Crippen LogP contribution is -2.42. The first-order valence-corrected chi connectivity index (χ1v) is 7.18. The topological polar surface area (TPSA) is 49.9 Å². The van der Waals surface area contributed by atoms with Crippen molar-refractivity contribution < 1.29 is 4.74 Å². The molecule has 0 saturated carbocycles. The number of hydrogen-bond acceptors (Lipinski definition) is 3. The van der Waals surface area contributed by atoms with Gasteiger partial charge in [-0.2, -0.15) is 0 Å². The van der Waals surface area contributed by atoms with Crippen LogP contribution >= 0.6 is 0 Å². The first-order chi connectivity index (χ1) is 8.85. The summed E-state index contributed by atoms with van der Waals surface area (Å²) in [5, 5.41) is 3.67. The van der Waals surface area contributed by atoms with Crippen molar-refractivity contribution in [3.8, 4) is 0 Å². The number of rotatable bonds is 7. The van der Waals surface area contributed by atoms with Gasteiger partial charge in [-0.3, -0.25) is 0 Å². The minimum absolute atomic E-state index is 0.411. The highest BCUT2D eigenvalue weighted by molar-refractivity contribution is 4.96. The predicted octanol–water partition coefficient (Wildman–Crippen LogP) is 2.14. The molecule has 0 aliphatic carbocycles. The molecule has 2 heterocycles. The number of hydrogen-bond donors (Lipinski definition) is 2. The molecular weight excluding hydrogens is 226 g/mol. The van der Waals surface area contributed by atoms with Gasteiger partial charge in [0.05, 0.1) is 6.10 Å². The van der Waals surface area contributed by atoms with Gasteiger partial charge in [-0.1, -0.05) is 13.8 Å². The van der Waals surface area contributed by atoms with Crippen LogP contribution in [0.15, 0.2) is 12.4 Å². The summed E-state index contributed by atoms with van der Waals surface area (Å²) in [6.45, 7) is 6.40. The minimum atomic E-state index is 0.411. The summed E-state index contributed by atoms with van der Waals surface area (Å²) in [5.41, 5.74) is 0. The monoisotopic (exact) mass is 251 g/mol. The molecule has 1 saturated heterocycles. The Morgan fingerprint density at radius 3 is 3.11 bits per heavy atom. The van der Waals surface area contributed by atoms with Crippen LogP contribution in [0.3, 0.4) is 0 Å². The van der Waals surface area contributed by atoms with Crippen LogP contribution in [0, 0.1) is 5.92 Å². The summed E-state index contributed by atoms with van der Waals surface area (Å²) in [6, 6.07) is 0.476. The molecule has 0 amide bonds. The number of nitrogens with zero attached hydrogens (tertiary/aromatic N) is 1. The second kappa shape index (κ2) is 6.90. The molecule has 2 rings (SSSR count). The maximum Gasteiger partial charge on any atom is 0.107 e. The van der Waals surface area contributed by atoms with E-state index in [9.17, 15) is 0 Å². The number of aromatic amines is 1. The van der Waals surface area contributed by atoms with Gasteiger partial charge < -0.3 is 15.0 Å². The van der Waals surface area contributed by atoms with Gasteiger partial charge in [-0.15, -0.1) is 0 Å². The van der Waals surface area contributed by atoms with Gasteiger partial charge >= 0.3 is 0 Å². The minimum Gasteiger partial charge on any atom is -0.378 e. The molecule has 4 nitrogen and oxygen atoms in total. The summed E-state index contributed by atoms with van der Waals surface area (Å²) in [6.07, 6.45) is 8.54. The van der Waals surface area contributed by atoms with Crippen molar-refractivity contribution in [3.05, 3.63) is 18.2 Å². The van der Waals surface area contributed by atoms with E-state index in [0.29, 0.717) is 18.1 Å². The SMILES string of the molecule is CCCNC(Cc1ncc[nH]1)C1CCOC1CC. The van der Waals surface area contributed by atoms with Gasteiger partial charge in [0.25, 0.3) is 0 Å². The smallest absolute Gasteiger partial charge is 0.107 e. The van der Waals surface area contributed by atoms with Gasteiger partial charge in [-0.05, 0) is 25.8 Å². The Kier molecular flexibility index (Phi) is 5.20. The highest BCUT2D eigenvalue weighted by Crippen LogP contribution is 2.27. The normalized spacial score (nSPS) is 25.4. The lowest BCUT2D eigenvalue weighted by molar-refractivity contribution is 0.0773. The fourth-order valence-corrected chi connectivity index (χ4v) is 2.87. The van der Waals surface area contributed by atoms with E-state index in [1.807, 2.05) is 12.4 Å². The summed E-state index contributed by atoms with van der Waals surface area (Å²) < 4.78 is 5.82.